The van der Waals surface area contributed by atoms with E-state index in [-0.39, 0.29) is 22.5 Å². The monoisotopic (exact) mass is 351 g/mol. The fraction of sp³-hybridized carbons (Fsp3) is 0.250. The van der Waals surface area contributed by atoms with Crippen molar-refractivity contribution in [3.63, 3.8) is 0 Å². The number of amides is 1. The van der Waals surface area contributed by atoms with Gasteiger partial charge in [0.1, 0.15) is 5.65 Å². The summed E-state index contributed by atoms with van der Waals surface area (Å²) < 4.78 is 28.7. The lowest BCUT2D eigenvalue weighted by Gasteiger charge is -2.14. The highest BCUT2D eigenvalue weighted by Gasteiger charge is 2.31. The van der Waals surface area contributed by atoms with Crippen LogP contribution in [0, 0.1) is 11.6 Å². The van der Waals surface area contributed by atoms with Crippen molar-refractivity contribution in [3.05, 3.63) is 34.5 Å². The molecule has 24 heavy (non-hydrogen) atoms. The number of nitrogens with one attached hydrogen (secondary N) is 1. The molecule has 3 aromatic rings. The number of benzene rings is 1. The average molecular weight is 352 g/mol. The number of anilines is 1. The maximum Gasteiger partial charge on any atom is 0.411 e. The Hall–Kier alpha value is -2.41. The van der Waals surface area contributed by atoms with E-state index in [1.54, 1.807) is 0 Å². The van der Waals surface area contributed by atoms with Gasteiger partial charge in [0, 0.05) is 24.7 Å². The lowest BCUT2D eigenvalue weighted by atomic mass is 10.0. The second-order valence-corrected chi connectivity index (χ2v) is 6.33. The first kappa shape index (κ1) is 15.1. The molecule has 1 amide bonds. The van der Waals surface area contributed by atoms with Gasteiger partial charge in [0.2, 0.25) is 0 Å². The van der Waals surface area contributed by atoms with Crippen molar-refractivity contribution < 1.29 is 18.7 Å². The second kappa shape index (κ2) is 5.04. The maximum atomic E-state index is 14.6. The van der Waals surface area contributed by atoms with Gasteiger partial charge in [-0.2, -0.15) is 0 Å². The predicted octanol–water partition coefficient (Wildman–Crippen LogP) is 4.64. The molecule has 1 fully saturated rings. The van der Waals surface area contributed by atoms with Crippen LogP contribution in [0.2, 0.25) is 5.02 Å². The fourth-order valence-corrected chi connectivity index (χ4v) is 3.38. The molecule has 0 saturated heterocycles. The molecule has 4 rings (SSSR count). The zero-order chi connectivity index (χ0) is 17.2. The van der Waals surface area contributed by atoms with E-state index in [0.29, 0.717) is 16.1 Å². The number of carbonyl (C=O) groups is 1. The Morgan fingerprint density at radius 2 is 2.12 bits per heavy atom. The Balaban J connectivity index is 2.18. The number of halogens is 3. The maximum absolute atomic E-state index is 14.6. The molecule has 124 valence electrons. The van der Waals surface area contributed by atoms with Crippen molar-refractivity contribution in [2.24, 2.45) is 0 Å². The highest BCUT2D eigenvalue weighted by atomic mass is 35.5. The minimum Gasteiger partial charge on any atom is -0.465 e. The van der Waals surface area contributed by atoms with Gasteiger partial charge < -0.3 is 10.1 Å². The summed E-state index contributed by atoms with van der Waals surface area (Å²) in [5.74, 6) is -1.97. The van der Waals surface area contributed by atoms with E-state index in [9.17, 15) is 18.7 Å². The number of aromatic amines is 1. The van der Waals surface area contributed by atoms with Crippen LogP contribution in [0.25, 0.3) is 21.9 Å². The average Bonchev–Trinajstić information content (AvgIpc) is 3.29. The highest BCUT2D eigenvalue weighted by Crippen LogP contribution is 2.48. The smallest absolute Gasteiger partial charge is 0.411 e. The van der Waals surface area contributed by atoms with Gasteiger partial charge in [-0.25, -0.2) is 18.6 Å². The summed E-state index contributed by atoms with van der Waals surface area (Å²) in [4.78, 5) is 19.2. The second-order valence-electron chi connectivity index (χ2n) is 5.93. The Morgan fingerprint density at radius 1 is 1.42 bits per heavy atom. The van der Waals surface area contributed by atoms with Crippen molar-refractivity contribution in [1.29, 1.82) is 0 Å². The standard InChI is InChI=1S/C16H12ClF2N3O2/c1-22(16(23)24)9-4-8(18)13(19)12-11-10(6-2-3-6)7(17)5-20-15(11)21-14(9)12/h4-6H,2-3H2,1H3,(H,20,21)(H,23,24). The van der Waals surface area contributed by atoms with Crippen LogP contribution in [-0.2, 0) is 0 Å². The molecule has 0 unspecified atom stereocenters. The molecule has 0 atom stereocenters. The number of nitrogens with zero attached hydrogens (tertiary/aromatic N) is 2. The zero-order valence-corrected chi connectivity index (χ0v) is 13.3. The molecule has 8 heteroatoms. The molecular formula is C16H12ClF2N3O2. The topological polar surface area (TPSA) is 69.2 Å². The molecule has 2 aromatic heterocycles. The van der Waals surface area contributed by atoms with Crippen LogP contribution in [0.5, 0.6) is 0 Å². The Morgan fingerprint density at radius 3 is 2.75 bits per heavy atom. The van der Waals surface area contributed by atoms with Gasteiger partial charge in [-0.15, -0.1) is 0 Å². The first-order chi connectivity index (χ1) is 11.4. The molecule has 0 radical (unpaired) electrons. The van der Waals surface area contributed by atoms with Gasteiger partial charge in [0.05, 0.1) is 21.6 Å². The van der Waals surface area contributed by atoms with Gasteiger partial charge in [-0.05, 0) is 24.3 Å². The Bertz CT molecular complexity index is 1010. The number of H-pyrrole nitrogens is 1. The number of hydrogen-bond donors (Lipinski definition) is 2. The van der Waals surface area contributed by atoms with Crippen molar-refractivity contribution in [2.75, 3.05) is 11.9 Å². The third-order valence-corrected chi connectivity index (χ3v) is 4.70. The highest BCUT2D eigenvalue weighted by molar-refractivity contribution is 6.33. The van der Waals surface area contributed by atoms with Crippen LogP contribution in [-0.4, -0.2) is 28.2 Å². The van der Waals surface area contributed by atoms with E-state index in [2.05, 4.69) is 9.97 Å². The van der Waals surface area contributed by atoms with Gasteiger partial charge in [0.25, 0.3) is 0 Å². The van der Waals surface area contributed by atoms with E-state index >= 15 is 0 Å². The predicted molar refractivity (Wildman–Crippen MR) is 86.9 cm³/mol. The van der Waals surface area contributed by atoms with Crippen LogP contribution in [0.3, 0.4) is 0 Å². The molecule has 5 nitrogen and oxygen atoms in total. The summed E-state index contributed by atoms with van der Waals surface area (Å²) >= 11 is 6.24. The minimum atomic E-state index is -1.28. The third-order valence-electron chi connectivity index (χ3n) is 4.40. The van der Waals surface area contributed by atoms with Crippen molar-refractivity contribution >= 4 is 45.3 Å². The first-order valence-corrected chi connectivity index (χ1v) is 7.72. The summed E-state index contributed by atoms with van der Waals surface area (Å²) in [6.45, 7) is 0. The molecule has 0 spiro atoms. The largest absolute Gasteiger partial charge is 0.465 e. The molecule has 1 aliphatic carbocycles. The lowest BCUT2D eigenvalue weighted by Crippen LogP contribution is -2.24. The molecule has 0 bridgehead atoms. The van der Waals surface area contributed by atoms with Crippen LogP contribution in [0.4, 0.5) is 19.3 Å². The van der Waals surface area contributed by atoms with Crippen LogP contribution in [0.1, 0.15) is 24.3 Å². The summed E-state index contributed by atoms with van der Waals surface area (Å²) in [6.07, 6.45) is 2.03. The number of fused-ring (bicyclic) bond motifs is 3. The molecular weight excluding hydrogens is 340 g/mol. The van der Waals surface area contributed by atoms with Gasteiger partial charge >= 0.3 is 6.09 Å². The zero-order valence-electron chi connectivity index (χ0n) is 12.5. The molecule has 1 aliphatic rings. The SMILES string of the molecule is CN(C(=O)O)c1cc(F)c(F)c2c1[nH]c1ncc(Cl)c(C3CC3)c12. The fourth-order valence-electron chi connectivity index (χ4n) is 3.08. The number of hydrogen-bond acceptors (Lipinski definition) is 2. The summed E-state index contributed by atoms with van der Waals surface area (Å²) in [5, 5.41) is 10.0. The Kier molecular flexibility index (Phi) is 3.18. The molecule has 2 N–H and O–H groups in total. The third kappa shape index (κ3) is 2.04. The molecule has 2 heterocycles. The van der Waals surface area contributed by atoms with Crippen molar-refractivity contribution in [3.8, 4) is 0 Å². The van der Waals surface area contributed by atoms with Crippen molar-refractivity contribution in [2.45, 2.75) is 18.8 Å². The quantitative estimate of drug-likeness (QED) is 0.706. The van der Waals surface area contributed by atoms with Crippen LogP contribution < -0.4 is 4.90 Å². The van der Waals surface area contributed by atoms with E-state index in [1.807, 2.05) is 0 Å². The minimum absolute atomic E-state index is 0.00926. The van der Waals surface area contributed by atoms with Crippen LogP contribution >= 0.6 is 11.6 Å². The van der Waals surface area contributed by atoms with Gasteiger partial charge in [-0.3, -0.25) is 4.90 Å². The van der Waals surface area contributed by atoms with E-state index in [4.69, 9.17) is 11.6 Å². The molecule has 1 saturated carbocycles. The molecule has 1 aromatic carbocycles. The van der Waals surface area contributed by atoms with E-state index in [0.717, 1.165) is 29.4 Å². The summed E-state index contributed by atoms with van der Waals surface area (Å²) in [5.41, 5.74) is 1.31. The first-order valence-electron chi connectivity index (χ1n) is 7.34. The van der Waals surface area contributed by atoms with Crippen molar-refractivity contribution in [1.82, 2.24) is 9.97 Å². The number of pyridine rings is 1. The van der Waals surface area contributed by atoms with E-state index in [1.165, 1.54) is 13.2 Å². The Labute approximate surface area is 139 Å². The molecule has 0 aliphatic heterocycles. The lowest BCUT2D eigenvalue weighted by molar-refractivity contribution is 0.203. The number of aromatic nitrogens is 2. The van der Waals surface area contributed by atoms with Gasteiger partial charge in [0.15, 0.2) is 11.6 Å². The summed E-state index contributed by atoms with van der Waals surface area (Å²) in [6, 6.07) is 0.861. The summed E-state index contributed by atoms with van der Waals surface area (Å²) in [7, 11) is 1.27. The number of rotatable bonds is 2. The normalized spacial score (nSPS) is 14.5. The van der Waals surface area contributed by atoms with Crippen LogP contribution in [0.15, 0.2) is 12.3 Å². The van der Waals surface area contributed by atoms with Gasteiger partial charge in [-0.1, -0.05) is 11.6 Å². The number of carboxylic acid groups (broad SMARTS) is 1. The van der Waals surface area contributed by atoms with E-state index < -0.39 is 17.7 Å².